The highest BCUT2D eigenvalue weighted by atomic mass is 19.1. The van der Waals surface area contributed by atoms with Gasteiger partial charge in [0, 0.05) is 31.4 Å². The molecule has 0 saturated carbocycles. The van der Waals surface area contributed by atoms with Crippen molar-refractivity contribution in [2.75, 3.05) is 18.0 Å². The van der Waals surface area contributed by atoms with Crippen molar-refractivity contribution in [3.8, 4) is 0 Å². The summed E-state index contributed by atoms with van der Waals surface area (Å²) < 4.78 is 21.2. The molecule has 3 heterocycles. The lowest BCUT2D eigenvalue weighted by atomic mass is 9.82. The second-order valence-corrected chi connectivity index (χ2v) is 12.1. The summed E-state index contributed by atoms with van der Waals surface area (Å²) in [6.45, 7) is 14.9. The number of carbonyl (C=O) groups is 2. The minimum atomic E-state index is -1.27. The number of halogens is 1. The van der Waals surface area contributed by atoms with Crippen molar-refractivity contribution >= 4 is 23.3 Å². The van der Waals surface area contributed by atoms with Crippen molar-refractivity contribution in [2.24, 2.45) is 5.41 Å². The van der Waals surface area contributed by atoms with Crippen LogP contribution in [-0.4, -0.2) is 50.3 Å². The summed E-state index contributed by atoms with van der Waals surface area (Å²) >= 11 is 0. The Labute approximate surface area is 228 Å². The second-order valence-electron chi connectivity index (χ2n) is 12.1. The number of nitrogens with one attached hydrogen (secondary N) is 1. The molecule has 0 bridgehead atoms. The Balaban J connectivity index is 1.76. The molecule has 1 atom stereocenters. The molecule has 1 saturated heterocycles. The van der Waals surface area contributed by atoms with Gasteiger partial charge in [0.05, 0.1) is 11.2 Å². The number of carboxylic acids is 1. The van der Waals surface area contributed by atoms with E-state index in [1.165, 1.54) is 6.07 Å². The van der Waals surface area contributed by atoms with E-state index in [-0.39, 0.29) is 23.5 Å². The Bertz CT molecular complexity index is 1400. The van der Waals surface area contributed by atoms with E-state index < -0.39 is 23.6 Å². The van der Waals surface area contributed by atoms with E-state index in [4.69, 9.17) is 4.74 Å². The lowest BCUT2D eigenvalue weighted by molar-refractivity contribution is -0.160. The normalized spacial score (nSPS) is 16.4. The lowest BCUT2D eigenvalue weighted by Gasteiger charge is -2.39. The number of ether oxygens (including phenoxy) is 1. The number of hydrogen-bond donors (Lipinski definition) is 2. The lowest BCUT2D eigenvalue weighted by Crippen LogP contribution is -2.40. The summed E-state index contributed by atoms with van der Waals surface area (Å²) in [5.41, 5.74) is 2.25. The van der Waals surface area contributed by atoms with Gasteiger partial charge in [-0.25, -0.2) is 14.2 Å². The largest absolute Gasteiger partial charge is 0.479 e. The van der Waals surface area contributed by atoms with Crippen molar-refractivity contribution in [2.45, 2.75) is 79.6 Å². The van der Waals surface area contributed by atoms with Crippen LogP contribution in [0.3, 0.4) is 0 Å². The summed E-state index contributed by atoms with van der Waals surface area (Å²) in [6, 6.07) is 6.29. The van der Waals surface area contributed by atoms with E-state index in [0.29, 0.717) is 41.4 Å². The van der Waals surface area contributed by atoms with Crippen LogP contribution in [0, 0.1) is 25.1 Å². The minimum Gasteiger partial charge on any atom is -0.479 e. The van der Waals surface area contributed by atoms with Gasteiger partial charge in [-0.05, 0) is 70.1 Å². The average molecular weight is 540 g/mol. The summed E-state index contributed by atoms with van der Waals surface area (Å²) in [4.78, 5) is 32.4. The van der Waals surface area contributed by atoms with Gasteiger partial charge in [-0.15, -0.1) is 0 Å². The maximum atomic E-state index is 13.6. The quantitative estimate of drug-likeness (QED) is 0.436. The van der Waals surface area contributed by atoms with E-state index in [2.05, 4.69) is 34.1 Å². The third kappa shape index (κ3) is 6.38. The van der Waals surface area contributed by atoms with Gasteiger partial charge in [-0.1, -0.05) is 26.0 Å². The molecule has 2 aromatic heterocycles. The standard InChI is InChI=1S/C29H38FN5O4/c1-17-14-19(8-9-20(17)30)16-31-25(36)21-15-22-32-18(2)23(24(27(37)38)39-28(3,4)5)26(35(22)33-21)34-12-10-29(6,7)11-13-34/h8-9,14-15,24H,10-13,16H2,1-7H3,(H,31,36)(H,37,38). The summed E-state index contributed by atoms with van der Waals surface area (Å²) in [5, 5.41) is 17.6. The number of rotatable bonds is 7. The van der Waals surface area contributed by atoms with Crippen molar-refractivity contribution < 1.29 is 23.8 Å². The number of fused-ring (bicyclic) bond motifs is 1. The predicted molar refractivity (Wildman–Crippen MR) is 146 cm³/mol. The monoisotopic (exact) mass is 539 g/mol. The van der Waals surface area contributed by atoms with E-state index in [1.807, 2.05) is 20.8 Å². The van der Waals surface area contributed by atoms with Gasteiger partial charge in [0.25, 0.3) is 5.91 Å². The molecule has 1 amide bonds. The van der Waals surface area contributed by atoms with Crippen LogP contribution >= 0.6 is 0 Å². The van der Waals surface area contributed by atoms with Crippen LogP contribution in [0.1, 0.15) is 86.4 Å². The molecule has 39 heavy (non-hydrogen) atoms. The Morgan fingerprint density at radius 3 is 2.44 bits per heavy atom. The molecule has 210 valence electrons. The summed E-state index contributed by atoms with van der Waals surface area (Å²) in [7, 11) is 0. The first kappa shape index (κ1) is 28.5. The van der Waals surface area contributed by atoms with E-state index in [9.17, 15) is 19.1 Å². The van der Waals surface area contributed by atoms with Crippen molar-refractivity contribution in [1.82, 2.24) is 19.9 Å². The fourth-order valence-corrected chi connectivity index (χ4v) is 4.84. The van der Waals surface area contributed by atoms with Gasteiger partial charge in [-0.2, -0.15) is 9.61 Å². The van der Waals surface area contributed by atoms with Crippen LogP contribution in [-0.2, 0) is 16.1 Å². The first-order valence-electron chi connectivity index (χ1n) is 13.2. The van der Waals surface area contributed by atoms with Crippen LogP contribution in [0.5, 0.6) is 0 Å². The highest BCUT2D eigenvalue weighted by Gasteiger charge is 2.36. The number of hydrogen-bond acceptors (Lipinski definition) is 6. The number of nitrogens with zero attached hydrogens (tertiary/aromatic N) is 4. The Kier molecular flexibility index (Phi) is 7.71. The predicted octanol–water partition coefficient (Wildman–Crippen LogP) is 4.98. The molecule has 0 aliphatic carbocycles. The number of benzene rings is 1. The van der Waals surface area contributed by atoms with E-state index in [0.717, 1.165) is 18.4 Å². The van der Waals surface area contributed by atoms with Crippen LogP contribution in [0.4, 0.5) is 10.2 Å². The molecule has 10 heteroatoms. The maximum absolute atomic E-state index is 13.6. The zero-order valence-electron chi connectivity index (χ0n) is 23.8. The molecule has 1 unspecified atom stereocenters. The fraction of sp³-hybridized carbons (Fsp3) is 0.517. The number of amides is 1. The smallest absolute Gasteiger partial charge is 0.337 e. The first-order valence-corrected chi connectivity index (χ1v) is 13.2. The number of aromatic nitrogens is 3. The maximum Gasteiger partial charge on any atom is 0.337 e. The van der Waals surface area contributed by atoms with Crippen LogP contribution in [0.25, 0.3) is 5.65 Å². The molecule has 1 aliphatic heterocycles. The molecule has 1 aliphatic rings. The molecule has 0 spiro atoms. The third-order valence-electron chi connectivity index (χ3n) is 7.09. The fourth-order valence-electron chi connectivity index (χ4n) is 4.84. The number of anilines is 1. The molecule has 1 aromatic carbocycles. The molecular weight excluding hydrogens is 501 g/mol. The molecule has 3 aromatic rings. The molecule has 4 rings (SSSR count). The Morgan fingerprint density at radius 2 is 1.85 bits per heavy atom. The van der Waals surface area contributed by atoms with Gasteiger partial charge in [0.15, 0.2) is 17.4 Å². The number of carbonyl (C=O) groups excluding carboxylic acids is 1. The molecule has 0 radical (unpaired) electrons. The van der Waals surface area contributed by atoms with Gasteiger partial charge in [0.1, 0.15) is 11.6 Å². The minimum absolute atomic E-state index is 0.153. The number of piperidine rings is 1. The van der Waals surface area contributed by atoms with Crippen molar-refractivity contribution in [3.05, 3.63) is 58.2 Å². The summed E-state index contributed by atoms with van der Waals surface area (Å²) in [6.07, 6.45) is 0.563. The Morgan fingerprint density at radius 1 is 1.18 bits per heavy atom. The average Bonchev–Trinajstić information content (AvgIpc) is 3.25. The molecule has 9 nitrogen and oxygen atoms in total. The second kappa shape index (κ2) is 10.6. The van der Waals surface area contributed by atoms with Crippen LogP contribution < -0.4 is 10.2 Å². The zero-order chi connectivity index (χ0) is 28.7. The number of carboxylic acid groups (broad SMARTS) is 1. The van der Waals surface area contributed by atoms with E-state index in [1.54, 1.807) is 36.6 Å². The van der Waals surface area contributed by atoms with Gasteiger partial charge >= 0.3 is 5.97 Å². The van der Waals surface area contributed by atoms with Gasteiger partial charge in [-0.3, -0.25) is 4.79 Å². The molecular formula is C29H38FN5O4. The van der Waals surface area contributed by atoms with E-state index >= 15 is 0 Å². The van der Waals surface area contributed by atoms with Gasteiger partial charge in [0.2, 0.25) is 0 Å². The highest BCUT2D eigenvalue weighted by Crippen LogP contribution is 2.38. The molecule has 2 N–H and O–H groups in total. The highest BCUT2D eigenvalue weighted by molar-refractivity contribution is 5.93. The third-order valence-corrected chi connectivity index (χ3v) is 7.09. The van der Waals surface area contributed by atoms with Crippen LogP contribution in [0.2, 0.25) is 0 Å². The number of aryl methyl sites for hydroxylation is 2. The van der Waals surface area contributed by atoms with Crippen molar-refractivity contribution in [1.29, 1.82) is 0 Å². The van der Waals surface area contributed by atoms with Gasteiger partial charge < -0.3 is 20.1 Å². The zero-order valence-corrected chi connectivity index (χ0v) is 23.8. The van der Waals surface area contributed by atoms with Crippen molar-refractivity contribution in [3.63, 3.8) is 0 Å². The number of aliphatic carboxylic acids is 1. The van der Waals surface area contributed by atoms with Crippen LogP contribution in [0.15, 0.2) is 24.3 Å². The SMILES string of the molecule is Cc1cc(CNC(=O)c2cc3nc(C)c(C(OC(C)(C)C)C(=O)O)c(N4CCC(C)(C)CC4)n3n2)ccc1F. The molecule has 1 fully saturated rings. The first-order chi connectivity index (χ1) is 18.1. The Hall–Kier alpha value is -3.53. The topological polar surface area (TPSA) is 109 Å². The summed E-state index contributed by atoms with van der Waals surface area (Å²) in [5.74, 6) is -1.25.